The van der Waals surface area contributed by atoms with Gasteiger partial charge in [0.15, 0.2) is 0 Å². The minimum atomic E-state index is -0.417. The first-order chi connectivity index (χ1) is 17.3. The number of allylic oxidation sites excluding steroid dienone is 3. The normalized spacial score (nSPS) is 14.3. The number of aromatic nitrogens is 1. The van der Waals surface area contributed by atoms with Crippen LogP contribution in [0.3, 0.4) is 0 Å². The minimum Gasteiger partial charge on any atom is -0.497 e. The molecule has 0 saturated heterocycles. The van der Waals surface area contributed by atoms with Crippen molar-refractivity contribution >= 4 is 40.1 Å². The third-order valence-corrected chi connectivity index (χ3v) is 7.37. The van der Waals surface area contributed by atoms with Gasteiger partial charge in [-0.25, -0.2) is 9.78 Å². The third kappa shape index (κ3) is 8.66. The number of aryl methyl sites for hydroxylation is 1. The van der Waals surface area contributed by atoms with E-state index in [-0.39, 0.29) is 6.10 Å². The summed E-state index contributed by atoms with van der Waals surface area (Å²) >= 11 is 3.13. The standard InChI is InChI=1S/C16H18N4O2S2.C10H14O2/c1-9-20-10(8-23-9)7-19-16(21)22-11-3-4-12-13(6-17)15(18-2)24-14(12)5-11;1-4-10(12-3)8-9(2)6-5-7-11/h8,11,18H,3-5,7H2,1-2H3,(H,19,21);4,7-8H,1-2,5-6H2,3H3/b;10-8+. The molecule has 1 unspecified atom stereocenters. The smallest absolute Gasteiger partial charge is 0.407 e. The van der Waals surface area contributed by atoms with E-state index in [1.165, 1.54) is 0 Å². The second kappa shape index (κ2) is 14.9. The maximum absolute atomic E-state index is 12.0. The number of aldehydes is 1. The van der Waals surface area contributed by atoms with Crippen LogP contribution in [-0.2, 0) is 33.7 Å². The molecule has 2 aromatic heterocycles. The Labute approximate surface area is 220 Å². The van der Waals surface area contributed by atoms with Crippen molar-refractivity contribution in [1.82, 2.24) is 10.3 Å². The Hall–Kier alpha value is -3.42. The summed E-state index contributed by atoms with van der Waals surface area (Å²) in [6.45, 7) is 9.64. The largest absolute Gasteiger partial charge is 0.497 e. The molecule has 36 heavy (non-hydrogen) atoms. The Kier molecular flexibility index (Phi) is 11.9. The van der Waals surface area contributed by atoms with Gasteiger partial charge in [0.05, 0.1) is 29.9 Å². The number of thiophene rings is 1. The number of carbonyl (C=O) groups is 2. The Morgan fingerprint density at radius 1 is 1.44 bits per heavy atom. The predicted molar refractivity (Wildman–Crippen MR) is 144 cm³/mol. The lowest BCUT2D eigenvalue weighted by Gasteiger charge is -2.22. The second-order valence-electron chi connectivity index (χ2n) is 7.87. The Morgan fingerprint density at radius 3 is 2.81 bits per heavy atom. The van der Waals surface area contributed by atoms with Crippen molar-refractivity contribution in [2.45, 2.75) is 51.7 Å². The average Bonchev–Trinajstić information content (AvgIpc) is 3.47. The van der Waals surface area contributed by atoms with E-state index >= 15 is 0 Å². The summed E-state index contributed by atoms with van der Waals surface area (Å²) in [6, 6.07) is 2.27. The molecule has 1 aliphatic carbocycles. The van der Waals surface area contributed by atoms with Crippen molar-refractivity contribution in [3.8, 4) is 6.07 Å². The van der Waals surface area contributed by atoms with Gasteiger partial charge in [0, 0.05) is 30.1 Å². The van der Waals surface area contributed by atoms with Crippen molar-refractivity contribution in [3.05, 3.63) is 68.7 Å². The molecule has 1 aliphatic rings. The summed E-state index contributed by atoms with van der Waals surface area (Å²) in [6.07, 6.45) is 7.03. The van der Waals surface area contributed by atoms with Gasteiger partial charge in [-0.15, -0.1) is 22.7 Å². The Balaban J connectivity index is 0.000000324. The quantitative estimate of drug-likeness (QED) is 0.239. The van der Waals surface area contributed by atoms with Crippen LogP contribution in [0.25, 0.3) is 0 Å². The lowest BCUT2D eigenvalue weighted by atomic mass is 9.94. The lowest BCUT2D eigenvalue weighted by molar-refractivity contribution is -0.107. The molecule has 0 spiro atoms. The number of rotatable bonds is 10. The number of nitrogens with one attached hydrogen (secondary N) is 2. The fourth-order valence-corrected chi connectivity index (χ4v) is 5.34. The fourth-order valence-electron chi connectivity index (χ4n) is 3.51. The highest BCUT2D eigenvalue weighted by Crippen LogP contribution is 2.38. The van der Waals surface area contributed by atoms with Crippen LogP contribution < -0.4 is 10.6 Å². The maximum Gasteiger partial charge on any atom is 0.407 e. The van der Waals surface area contributed by atoms with Crippen molar-refractivity contribution in [2.24, 2.45) is 0 Å². The molecule has 2 aromatic rings. The van der Waals surface area contributed by atoms with E-state index in [1.807, 2.05) is 19.4 Å². The molecule has 0 radical (unpaired) electrons. The lowest BCUT2D eigenvalue weighted by Crippen LogP contribution is -2.31. The molecule has 1 amide bonds. The number of anilines is 1. The van der Waals surface area contributed by atoms with E-state index in [0.29, 0.717) is 31.6 Å². The molecular weight excluding hydrogens is 496 g/mol. The van der Waals surface area contributed by atoms with Crippen LogP contribution in [0.1, 0.15) is 46.0 Å². The number of nitriles is 1. The molecule has 0 aromatic carbocycles. The zero-order chi connectivity index (χ0) is 26.5. The highest BCUT2D eigenvalue weighted by Gasteiger charge is 2.27. The van der Waals surface area contributed by atoms with Crippen LogP contribution in [-0.4, -0.2) is 37.6 Å². The van der Waals surface area contributed by atoms with Gasteiger partial charge in [0.2, 0.25) is 0 Å². The summed E-state index contributed by atoms with van der Waals surface area (Å²) in [4.78, 5) is 27.4. The van der Waals surface area contributed by atoms with Crippen molar-refractivity contribution < 1.29 is 19.1 Å². The minimum absolute atomic E-state index is 0.149. The van der Waals surface area contributed by atoms with Gasteiger partial charge in [-0.2, -0.15) is 5.26 Å². The molecule has 8 nitrogen and oxygen atoms in total. The van der Waals surface area contributed by atoms with Crippen molar-refractivity contribution in [1.29, 1.82) is 5.26 Å². The zero-order valence-electron chi connectivity index (χ0n) is 20.9. The number of hydrogen-bond acceptors (Lipinski definition) is 9. The van der Waals surface area contributed by atoms with E-state index < -0.39 is 6.09 Å². The Bertz CT molecular complexity index is 1140. The molecule has 3 rings (SSSR count). The first-order valence-corrected chi connectivity index (χ1v) is 13.1. The highest BCUT2D eigenvalue weighted by molar-refractivity contribution is 7.16. The van der Waals surface area contributed by atoms with E-state index in [0.717, 1.165) is 56.4 Å². The van der Waals surface area contributed by atoms with Crippen LogP contribution in [0, 0.1) is 18.3 Å². The molecule has 1 atom stereocenters. The van der Waals surface area contributed by atoms with Crippen LogP contribution in [0.15, 0.2) is 42.0 Å². The van der Waals surface area contributed by atoms with E-state index in [9.17, 15) is 14.9 Å². The topological polar surface area (TPSA) is 113 Å². The summed E-state index contributed by atoms with van der Waals surface area (Å²) in [5.41, 5.74) is 3.55. The predicted octanol–water partition coefficient (Wildman–Crippen LogP) is 5.45. The SMILES string of the molecule is C=C/C(=C\C(=C)CCC=O)OC.CNc1sc2c(c1C#N)CCC(OC(=O)NCc1csc(C)n1)C2. The van der Waals surface area contributed by atoms with E-state index in [1.54, 1.807) is 41.9 Å². The molecular formula is C26H32N4O4S2. The monoisotopic (exact) mass is 528 g/mol. The van der Waals surface area contributed by atoms with Crippen LogP contribution in [0.4, 0.5) is 9.80 Å². The van der Waals surface area contributed by atoms with Gasteiger partial charge in [0.25, 0.3) is 0 Å². The number of ether oxygens (including phenoxy) is 2. The number of methoxy groups -OCH3 is 1. The average molecular weight is 529 g/mol. The number of nitrogens with zero attached hydrogens (tertiary/aromatic N) is 2. The summed E-state index contributed by atoms with van der Waals surface area (Å²) in [5, 5.41) is 18.9. The van der Waals surface area contributed by atoms with Gasteiger partial charge in [0.1, 0.15) is 29.2 Å². The maximum atomic E-state index is 12.0. The van der Waals surface area contributed by atoms with Crippen molar-refractivity contribution in [2.75, 3.05) is 19.5 Å². The molecule has 0 bridgehead atoms. The molecule has 0 fully saturated rings. The number of fused-ring (bicyclic) bond motifs is 1. The molecule has 192 valence electrons. The second-order valence-corrected chi connectivity index (χ2v) is 10.0. The first kappa shape index (κ1) is 28.8. The summed E-state index contributed by atoms with van der Waals surface area (Å²) in [5.74, 6) is 0.672. The number of alkyl carbamates (subject to hydrolysis) is 1. The van der Waals surface area contributed by atoms with Crippen LogP contribution in [0.2, 0.25) is 0 Å². The van der Waals surface area contributed by atoms with Gasteiger partial charge in [-0.1, -0.05) is 18.7 Å². The van der Waals surface area contributed by atoms with Crippen LogP contribution >= 0.6 is 22.7 Å². The van der Waals surface area contributed by atoms with Crippen LogP contribution in [0.5, 0.6) is 0 Å². The molecule has 0 saturated carbocycles. The molecule has 2 heterocycles. The van der Waals surface area contributed by atoms with E-state index in [2.05, 4.69) is 34.8 Å². The fraction of sp³-hybridized carbons (Fsp3) is 0.385. The Morgan fingerprint density at radius 2 is 2.22 bits per heavy atom. The summed E-state index contributed by atoms with van der Waals surface area (Å²) in [7, 11) is 3.39. The molecule has 0 aliphatic heterocycles. The van der Waals surface area contributed by atoms with Crippen molar-refractivity contribution in [3.63, 3.8) is 0 Å². The van der Waals surface area contributed by atoms with Gasteiger partial charge in [-0.3, -0.25) is 0 Å². The van der Waals surface area contributed by atoms with Gasteiger partial charge >= 0.3 is 6.09 Å². The van der Waals surface area contributed by atoms with Gasteiger partial charge in [-0.05, 0) is 43.9 Å². The third-order valence-electron chi connectivity index (χ3n) is 5.28. The molecule has 2 N–H and O–H groups in total. The number of thiazole rings is 1. The van der Waals surface area contributed by atoms with E-state index in [4.69, 9.17) is 9.47 Å². The number of amides is 1. The highest BCUT2D eigenvalue weighted by atomic mass is 32.1. The molecule has 10 heteroatoms. The zero-order valence-corrected chi connectivity index (χ0v) is 22.5. The number of carbonyl (C=O) groups excluding carboxylic acids is 2. The van der Waals surface area contributed by atoms with Gasteiger partial charge < -0.3 is 24.9 Å². The number of hydrogen-bond donors (Lipinski definition) is 2. The first-order valence-electron chi connectivity index (χ1n) is 11.4. The summed E-state index contributed by atoms with van der Waals surface area (Å²) < 4.78 is 10.5.